The molecule has 0 bridgehead atoms. The molecule has 1 amide bonds. The van der Waals surface area contributed by atoms with Gasteiger partial charge in [0.2, 0.25) is 0 Å². The molecule has 6 heteroatoms. The summed E-state index contributed by atoms with van der Waals surface area (Å²) in [5.41, 5.74) is 2.22. The third kappa shape index (κ3) is 3.75. The molecule has 0 fully saturated rings. The fourth-order valence-corrected chi connectivity index (χ4v) is 3.79. The number of halogens is 1. The van der Waals surface area contributed by atoms with Gasteiger partial charge in [0, 0.05) is 11.1 Å². The van der Waals surface area contributed by atoms with E-state index < -0.39 is 23.1 Å². The number of phenols is 1. The molecule has 0 spiro atoms. The summed E-state index contributed by atoms with van der Waals surface area (Å²) >= 11 is 6.11. The number of hydrogen-bond acceptors (Lipinski definition) is 4. The van der Waals surface area contributed by atoms with Crippen molar-refractivity contribution in [3.8, 4) is 5.75 Å². The Morgan fingerprint density at radius 2 is 1.62 bits per heavy atom. The van der Waals surface area contributed by atoms with Gasteiger partial charge in [-0.15, -0.1) is 0 Å². The van der Waals surface area contributed by atoms with Crippen molar-refractivity contribution in [3.05, 3.63) is 69.4 Å². The fourth-order valence-electron chi connectivity index (χ4n) is 3.61. The average molecular weight is 414 g/mol. The van der Waals surface area contributed by atoms with Crippen molar-refractivity contribution in [2.45, 2.75) is 40.7 Å². The highest BCUT2D eigenvalue weighted by molar-refractivity contribution is 6.32. The zero-order valence-corrected chi connectivity index (χ0v) is 17.8. The molecule has 1 aliphatic rings. The lowest BCUT2D eigenvalue weighted by atomic mass is 9.82. The molecule has 0 aromatic heterocycles. The first-order chi connectivity index (χ1) is 13.4. The Balaban J connectivity index is 2.26. The lowest BCUT2D eigenvalue weighted by molar-refractivity contribution is -0.123. The number of aliphatic hydroxyl groups excluding tert-OH is 1. The fraction of sp³-hybridized carbons (Fsp3) is 0.304. The molecule has 152 valence electrons. The van der Waals surface area contributed by atoms with E-state index >= 15 is 0 Å². The van der Waals surface area contributed by atoms with Crippen LogP contribution in [0.2, 0.25) is 5.02 Å². The smallest absolute Gasteiger partial charge is 0.294 e. The van der Waals surface area contributed by atoms with Gasteiger partial charge in [0.15, 0.2) is 11.5 Å². The molecule has 5 nitrogen and oxygen atoms in total. The van der Waals surface area contributed by atoms with Gasteiger partial charge in [-0.3, -0.25) is 14.5 Å². The number of amides is 1. The van der Waals surface area contributed by atoms with Crippen LogP contribution in [-0.2, 0) is 9.59 Å². The van der Waals surface area contributed by atoms with Gasteiger partial charge < -0.3 is 10.2 Å². The number of rotatable bonds is 3. The number of aryl methyl sites for hydroxylation is 2. The molecule has 1 atom stereocenters. The van der Waals surface area contributed by atoms with E-state index in [1.807, 2.05) is 32.0 Å². The molecule has 0 radical (unpaired) electrons. The van der Waals surface area contributed by atoms with E-state index in [9.17, 15) is 19.8 Å². The molecule has 2 aromatic carbocycles. The molecule has 1 unspecified atom stereocenters. The SMILES string of the molecule is Cc1cc(C)cc(N2C(=O)C(O)=C(C(=O)C(C)(C)C)C2c2ccc(O)c(Cl)c2)c1. The van der Waals surface area contributed by atoms with E-state index in [-0.39, 0.29) is 22.1 Å². The monoisotopic (exact) mass is 413 g/mol. The molecule has 0 saturated heterocycles. The van der Waals surface area contributed by atoms with Crippen molar-refractivity contribution in [1.29, 1.82) is 0 Å². The Morgan fingerprint density at radius 1 is 1.03 bits per heavy atom. The standard InChI is InChI=1S/C23H24ClNO4/c1-12-8-13(2)10-15(9-12)25-19(14-6-7-17(26)16(24)11-14)18(20(27)22(25)29)21(28)23(3,4)5/h6-11,19,26-27H,1-5H3. The Labute approximate surface area is 175 Å². The lowest BCUT2D eigenvalue weighted by Gasteiger charge is -2.29. The average Bonchev–Trinajstić information content (AvgIpc) is 2.86. The second kappa shape index (κ2) is 7.23. The number of nitrogens with zero attached hydrogens (tertiary/aromatic N) is 1. The topological polar surface area (TPSA) is 77.8 Å². The second-order valence-electron chi connectivity index (χ2n) is 8.48. The summed E-state index contributed by atoms with van der Waals surface area (Å²) < 4.78 is 0. The third-order valence-corrected chi connectivity index (χ3v) is 5.21. The summed E-state index contributed by atoms with van der Waals surface area (Å²) in [4.78, 5) is 27.7. The largest absolute Gasteiger partial charge is 0.506 e. The second-order valence-corrected chi connectivity index (χ2v) is 8.88. The number of phenolic OH excluding ortho intramolecular Hbond substituents is 1. The van der Waals surface area contributed by atoms with E-state index in [1.165, 1.54) is 17.0 Å². The van der Waals surface area contributed by atoms with Crippen LogP contribution in [0.3, 0.4) is 0 Å². The number of anilines is 1. The van der Waals surface area contributed by atoms with Crippen LogP contribution in [0.25, 0.3) is 0 Å². The van der Waals surface area contributed by atoms with Crippen molar-refractivity contribution in [2.24, 2.45) is 5.41 Å². The minimum atomic E-state index is -0.853. The Morgan fingerprint density at radius 3 is 2.14 bits per heavy atom. The maximum Gasteiger partial charge on any atom is 0.294 e. The van der Waals surface area contributed by atoms with Crippen LogP contribution in [0.15, 0.2) is 47.7 Å². The van der Waals surface area contributed by atoms with E-state index in [2.05, 4.69) is 0 Å². The molecular weight excluding hydrogens is 390 g/mol. The first-order valence-corrected chi connectivity index (χ1v) is 9.68. The molecule has 3 rings (SSSR count). The van der Waals surface area contributed by atoms with E-state index in [0.717, 1.165) is 11.1 Å². The van der Waals surface area contributed by atoms with Crippen LogP contribution in [-0.4, -0.2) is 21.9 Å². The third-order valence-electron chi connectivity index (χ3n) is 4.91. The van der Waals surface area contributed by atoms with Crippen LogP contribution in [0.1, 0.15) is 43.5 Å². The van der Waals surface area contributed by atoms with Gasteiger partial charge in [-0.05, 0) is 54.8 Å². The molecule has 0 aliphatic carbocycles. The molecule has 1 aliphatic heterocycles. The number of carbonyl (C=O) groups excluding carboxylic acids is 2. The summed E-state index contributed by atoms with van der Waals surface area (Å²) in [6.07, 6.45) is 0. The number of benzene rings is 2. The van der Waals surface area contributed by atoms with Crippen LogP contribution in [0.4, 0.5) is 5.69 Å². The van der Waals surface area contributed by atoms with Gasteiger partial charge in [0.25, 0.3) is 5.91 Å². The number of Topliss-reactive ketones (excluding diaryl/α,β-unsaturated/α-hetero) is 1. The lowest BCUT2D eigenvalue weighted by Crippen LogP contribution is -2.33. The molecule has 29 heavy (non-hydrogen) atoms. The number of hydrogen-bond donors (Lipinski definition) is 2. The van der Waals surface area contributed by atoms with Crippen LogP contribution in [0.5, 0.6) is 5.75 Å². The molecule has 2 N–H and O–H groups in total. The Kier molecular flexibility index (Phi) is 5.22. The summed E-state index contributed by atoms with van der Waals surface area (Å²) in [6, 6.07) is 9.31. The van der Waals surface area contributed by atoms with Crippen molar-refractivity contribution < 1.29 is 19.8 Å². The Bertz CT molecular complexity index is 1030. The highest BCUT2D eigenvalue weighted by Crippen LogP contribution is 2.44. The van der Waals surface area contributed by atoms with Crippen molar-refractivity contribution in [1.82, 2.24) is 0 Å². The summed E-state index contributed by atoms with van der Waals surface area (Å²) in [5, 5.41) is 20.6. The van der Waals surface area contributed by atoms with E-state index in [1.54, 1.807) is 26.8 Å². The van der Waals surface area contributed by atoms with Crippen molar-refractivity contribution >= 4 is 29.0 Å². The zero-order chi connectivity index (χ0) is 21.7. The maximum atomic E-state index is 13.2. The number of aromatic hydroxyl groups is 1. The van der Waals surface area contributed by atoms with Gasteiger partial charge in [0.05, 0.1) is 16.6 Å². The van der Waals surface area contributed by atoms with Gasteiger partial charge in [-0.25, -0.2) is 0 Å². The van der Waals surface area contributed by atoms with Crippen LogP contribution >= 0.6 is 11.6 Å². The highest BCUT2D eigenvalue weighted by atomic mass is 35.5. The number of aliphatic hydroxyl groups is 1. The Hall–Kier alpha value is -2.79. The van der Waals surface area contributed by atoms with Gasteiger partial charge in [0.1, 0.15) is 5.75 Å². The van der Waals surface area contributed by atoms with Gasteiger partial charge in [-0.2, -0.15) is 0 Å². The van der Waals surface area contributed by atoms with Gasteiger partial charge >= 0.3 is 0 Å². The number of ketones is 1. The van der Waals surface area contributed by atoms with E-state index in [0.29, 0.717) is 11.3 Å². The van der Waals surface area contributed by atoms with Crippen molar-refractivity contribution in [2.75, 3.05) is 4.90 Å². The molecule has 2 aromatic rings. The van der Waals surface area contributed by atoms with Gasteiger partial charge in [-0.1, -0.05) is 44.5 Å². The molecule has 1 heterocycles. The maximum absolute atomic E-state index is 13.2. The molecular formula is C23H24ClNO4. The van der Waals surface area contributed by atoms with E-state index in [4.69, 9.17) is 11.6 Å². The minimum absolute atomic E-state index is 0.0309. The normalized spacial score (nSPS) is 17.2. The summed E-state index contributed by atoms with van der Waals surface area (Å²) in [7, 11) is 0. The minimum Gasteiger partial charge on any atom is -0.506 e. The van der Waals surface area contributed by atoms with Crippen LogP contribution < -0.4 is 4.90 Å². The first-order valence-electron chi connectivity index (χ1n) is 9.30. The van der Waals surface area contributed by atoms with Crippen LogP contribution in [0, 0.1) is 19.3 Å². The summed E-state index contributed by atoms with van der Waals surface area (Å²) in [6.45, 7) is 9.04. The quantitative estimate of drug-likeness (QED) is 0.726. The summed E-state index contributed by atoms with van der Waals surface area (Å²) in [5.74, 6) is -1.63. The predicted octanol–water partition coefficient (Wildman–Crippen LogP) is 5.18. The van der Waals surface area contributed by atoms with Crippen molar-refractivity contribution in [3.63, 3.8) is 0 Å². The zero-order valence-electron chi connectivity index (χ0n) is 17.1. The highest BCUT2D eigenvalue weighted by Gasteiger charge is 2.46. The predicted molar refractivity (Wildman–Crippen MR) is 113 cm³/mol. The first kappa shape index (κ1) is 20.9. The molecule has 0 saturated carbocycles. The number of carbonyl (C=O) groups is 2.